The first-order valence-corrected chi connectivity index (χ1v) is 5.50. The van der Waals surface area contributed by atoms with Gasteiger partial charge in [-0.15, -0.1) is 0 Å². The summed E-state index contributed by atoms with van der Waals surface area (Å²) < 4.78 is 3.21. The zero-order chi connectivity index (χ0) is 13.2. The topological polar surface area (TPSA) is 112 Å². The number of aryl methyl sites for hydroxylation is 1. The van der Waals surface area contributed by atoms with Gasteiger partial charge in [0.05, 0.1) is 5.69 Å². The maximum Gasteiger partial charge on any atom is 0.257 e. The van der Waals surface area contributed by atoms with Crippen molar-refractivity contribution in [3.8, 4) is 11.9 Å². The van der Waals surface area contributed by atoms with E-state index >= 15 is 0 Å². The van der Waals surface area contributed by atoms with Gasteiger partial charge in [0.25, 0.3) is 5.95 Å². The third-order valence-electron chi connectivity index (χ3n) is 2.40. The molecule has 9 heteroatoms. The molecular weight excluding hydrogens is 246 g/mol. The van der Waals surface area contributed by atoms with Gasteiger partial charge in [-0.25, -0.2) is 15.5 Å². The molecule has 3 N–H and O–H groups in total. The number of nitrogen functional groups attached to an aromatic ring is 1. The molecule has 0 aliphatic carbocycles. The summed E-state index contributed by atoms with van der Waals surface area (Å²) in [4.78, 5) is 16.6. The first-order valence-electron chi connectivity index (χ1n) is 5.50. The van der Waals surface area contributed by atoms with Gasteiger partial charge >= 0.3 is 0 Å². The molecule has 0 atom stereocenters. The van der Waals surface area contributed by atoms with Crippen molar-refractivity contribution in [3.63, 3.8) is 0 Å². The van der Waals surface area contributed by atoms with Crippen LogP contribution in [0.1, 0.15) is 5.69 Å². The lowest BCUT2D eigenvalue weighted by atomic mass is 10.5. The second-order valence-corrected chi connectivity index (χ2v) is 3.77. The maximum absolute atomic E-state index is 5.37. The smallest absolute Gasteiger partial charge is 0.257 e. The van der Waals surface area contributed by atoms with Crippen molar-refractivity contribution in [2.24, 2.45) is 5.84 Å². The van der Waals surface area contributed by atoms with Gasteiger partial charge in [0.1, 0.15) is 6.33 Å². The van der Waals surface area contributed by atoms with Crippen LogP contribution in [0.2, 0.25) is 0 Å². The summed E-state index contributed by atoms with van der Waals surface area (Å²) in [6.07, 6.45) is 6.72. The Balaban J connectivity index is 2.12. The predicted molar refractivity (Wildman–Crippen MR) is 66.6 cm³/mol. The van der Waals surface area contributed by atoms with E-state index in [1.807, 2.05) is 13.0 Å². The monoisotopic (exact) mass is 257 g/mol. The van der Waals surface area contributed by atoms with Gasteiger partial charge in [-0.2, -0.15) is 20.1 Å². The van der Waals surface area contributed by atoms with Crippen molar-refractivity contribution in [1.29, 1.82) is 0 Å². The molecule has 3 heterocycles. The Morgan fingerprint density at radius 3 is 2.63 bits per heavy atom. The summed E-state index contributed by atoms with van der Waals surface area (Å²) in [6.45, 7) is 1.89. The summed E-state index contributed by atoms with van der Waals surface area (Å²) in [7, 11) is 0. The van der Waals surface area contributed by atoms with Gasteiger partial charge in [-0.1, -0.05) is 0 Å². The van der Waals surface area contributed by atoms with Crippen molar-refractivity contribution in [1.82, 2.24) is 34.3 Å². The van der Waals surface area contributed by atoms with E-state index in [-0.39, 0.29) is 5.95 Å². The Bertz CT molecular complexity index is 685. The number of aromatic nitrogens is 7. The number of rotatable bonds is 3. The highest BCUT2D eigenvalue weighted by molar-refractivity contribution is 5.31. The fourth-order valence-electron chi connectivity index (χ4n) is 1.54. The van der Waals surface area contributed by atoms with Crippen LogP contribution in [0.15, 0.2) is 31.0 Å². The molecule has 0 unspecified atom stereocenters. The highest BCUT2D eigenvalue weighted by Crippen LogP contribution is 2.08. The molecule has 3 aromatic heterocycles. The van der Waals surface area contributed by atoms with Gasteiger partial charge < -0.3 is 0 Å². The van der Waals surface area contributed by atoms with Crippen LogP contribution in [0.3, 0.4) is 0 Å². The minimum atomic E-state index is 0.252. The summed E-state index contributed by atoms with van der Waals surface area (Å²) >= 11 is 0. The van der Waals surface area contributed by atoms with E-state index in [2.05, 4.69) is 30.5 Å². The fourth-order valence-corrected chi connectivity index (χ4v) is 1.54. The van der Waals surface area contributed by atoms with Crippen LogP contribution in [0.4, 0.5) is 5.95 Å². The Morgan fingerprint density at radius 1 is 1.16 bits per heavy atom. The standard InChI is InChI=1S/C10H11N9/c1-7-2-4-19(17-7)10-14-8(16-11)13-9(15-10)18-5-3-12-6-18/h2-6H,11H2,1H3,(H,13,14,15,16). The summed E-state index contributed by atoms with van der Waals surface area (Å²) in [5.41, 5.74) is 3.28. The van der Waals surface area contributed by atoms with Gasteiger partial charge in [-0.3, -0.25) is 9.99 Å². The molecule has 0 saturated carbocycles. The number of nitrogens with two attached hydrogens (primary N) is 1. The van der Waals surface area contributed by atoms with Gasteiger partial charge in [-0.05, 0) is 13.0 Å². The molecule has 0 bridgehead atoms. The Kier molecular flexibility index (Phi) is 2.65. The van der Waals surface area contributed by atoms with Crippen molar-refractivity contribution in [3.05, 3.63) is 36.7 Å². The largest absolute Gasteiger partial charge is 0.292 e. The number of nitrogens with one attached hydrogen (secondary N) is 1. The van der Waals surface area contributed by atoms with Crippen LogP contribution in [-0.2, 0) is 0 Å². The predicted octanol–water partition coefficient (Wildman–Crippen LogP) is -0.163. The number of nitrogens with zero attached hydrogens (tertiary/aromatic N) is 7. The summed E-state index contributed by atoms with van der Waals surface area (Å²) in [5, 5.41) is 4.25. The first-order chi connectivity index (χ1) is 9.26. The van der Waals surface area contributed by atoms with Gasteiger partial charge in [0, 0.05) is 18.6 Å². The highest BCUT2D eigenvalue weighted by atomic mass is 15.4. The molecule has 9 nitrogen and oxygen atoms in total. The first kappa shape index (κ1) is 11.3. The molecule has 0 aromatic carbocycles. The molecule has 0 spiro atoms. The molecule has 3 rings (SSSR count). The van der Waals surface area contributed by atoms with E-state index in [4.69, 9.17) is 5.84 Å². The van der Waals surface area contributed by atoms with Crippen LogP contribution in [0.5, 0.6) is 0 Å². The van der Waals surface area contributed by atoms with Crippen molar-refractivity contribution >= 4 is 5.95 Å². The lowest BCUT2D eigenvalue weighted by Gasteiger charge is -2.06. The molecule has 0 amide bonds. The Morgan fingerprint density at radius 2 is 2.00 bits per heavy atom. The molecule has 0 aliphatic heterocycles. The second-order valence-electron chi connectivity index (χ2n) is 3.77. The minimum absolute atomic E-state index is 0.252. The summed E-state index contributed by atoms with van der Waals surface area (Å²) in [5.74, 6) is 6.40. The number of imidazole rings is 1. The van der Waals surface area contributed by atoms with Gasteiger partial charge in [0.15, 0.2) is 0 Å². The van der Waals surface area contributed by atoms with Crippen LogP contribution in [-0.4, -0.2) is 34.3 Å². The normalized spacial score (nSPS) is 10.6. The summed E-state index contributed by atoms with van der Waals surface area (Å²) in [6, 6.07) is 1.86. The van der Waals surface area contributed by atoms with E-state index in [1.54, 1.807) is 34.2 Å². The van der Waals surface area contributed by atoms with E-state index in [9.17, 15) is 0 Å². The molecule has 0 fully saturated rings. The van der Waals surface area contributed by atoms with E-state index in [0.29, 0.717) is 11.9 Å². The Labute approximate surface area is 108 Å². The number of hydrazine groups is 1. The van der Waals surface area contributed by atoms with E-state index < -0.39 is 0 Å². The number of anilines is 1. The molecular formula is C10H11N9. The van der Waals surface area contributed by atoms with Crippen LogP contribution < -0.4 is 11.3 Å². The fraction of sp³-hybridized carbons (Fsp3) is 0.100. The van der Waals surface area contributed by atoms with E-state index in [0.717, 1.165) is 5.69 Å². The van der Waals surface area contributed by atoms with Crippen molar-refractivity contribution < 1.29 is 0 Å². The van der Waals surface area contributed by atoms with Crippen LogP contribution in [0, 0.1) is 6.92 Å². The van der Waals surface area contributed by atoms with Gasteiger partial charge in [0.2, 0.25) is 11.9 Å². The maximum atomic E-state index is 5.37. The molecule has 96 valence electrons. The van der Waals surface area contributed by atoms with Crippen LogP contribution >= 0.6 is 0 Å². The Hall–Kier alpha value is -2.81. The quantitative estimate of drug-likeness (QED) is 0.495. The van der Waals surface area contributed by atoms with Crippen molar-refractivity contribution in [2.75, 3.05) is 5.43 Å². The lowest BCUT2D eigenvalue weighted by Crippen LogP contribution is -2.16. The SMILES string of the molecule is Cc1ccn(-c2nc(NN)nc(-n3ccnc3)n2)n1. The average molecular weight is 257 g/mol. The average Bonchev–Trinajstić information content (AvgIpc) is 3.09. The lowest BCUT2D eigenvalue weighted by molar-refractivity contribution is 0.767. The van der Waals surface area contributed by atoms with E-state index in [1.165, 1.54) is 0 Å². The second kappa shape index (κ2) is 4.46. The zero-order valence-corrected chi connectivity index (χ0v) is 10.1. The third-order valence-corrected chi connectivity index (χ3v) is 2.40. The zero-order valence-electron chi connectivity index (χ0n) is 10.1. The van der Waals surface area contributed by atoms with Crippen LogP contribution in [0.25, 0.3) is 11.9 Å². The molecule has 0 aliphatic rings. The van der Waals surface area contributed by atoms with Crippen molar-refractivity contribution in [2.45, 2.75) is 6.92 Å². The molecule has 19 heavy (non-hydrogen) atoms. The number of hydrogen-bond acceptors (Lipinski definition) is 7. The molecule has 0 saturated heterocycles. The molecule has 3 aromatic rings. The molecule has 0 radical (unpaired) electrons. The number of hydrogen-bond donors (Lipinski definition) is 2. The highest BCUT2D eigenvalue weighted by Gasteiger charge is 2.09. The third kappa shape index (κ3) is 2.13. The minimum Gasteiger partial charge on any atom is -0.292 e.